The quantitative estimate of drug-likeness (QED) is 0.713. The number of piperazine rings is 2. The second kappa shape index (κ2) is 10.3. The molecule has 8 nitrogen and oxygen atoms in total. The summed E-state index contributed by atoms with van der Waals surface area (Å²) in [5.41, 5.74) is 0. The molecule has 8 heteroatoms. The van der Waals surface area contributed by atoms with Crippen LogP contribution in [0, 0.1) is 17.8 Å². The highest BCUT2D eigenvalue weighted by Gasteiger charge is 2.48. The molecule has 3 amide bonds. The number of nitrogens with one attached hydrogen (secondary N) is 1. The molecule has 0 aromatic carbocycles. The summed E-state index contributed by atoms with van der Waals surface area (Å²) < 4.78 is 5.45. The molecule has 2 saturated carbocycles. The molecule has 4 aliphatic rings. The maximum Gasteiger partial charge on any atom is 0.289 e. The van der Waals surface area contributed by atoms with E-state index < -0.39 is 0 Å². The summed E-state index contributed by atoms with van der Waals surface area (Å²) in [5, 5.41) is 3.33. The molecule has 2 aliphatic carbocycles. The van der Waals surface area contributed by atoms with Crippen molar-refractivity contribution in [3.05, 3.63) is 24.2 Å². The molecule has 1 aromatic rings. The zero-order valence-electron chi connectivity index (χ0n) is 21.2. The van der Waals surface area contributed by atoms with Gasteiger partial charge in [0.2, 0.25) is 11.8 Å². The fraction of sp³-hybridized carbons (Fsp3) is 0.741. The first kappa shape index (κ1) is 24.3. The Bertz CT molecular complexity index is 904. The minimum atomic E-state index is -0.0639. The van der Waals surface area contributed by atoms with Crippen molar-refractivity contribution >= 4 is 17.7 Å². The zero-order chi connectivity index (χ0) is 24.5. The van der Waals surface area contributed by atoms with Crippen LogP contribution in [0.5, 0.6) is 0 Å². The lowest BCUT2D eigenvalue weighted by Crippen LogP contribution is -2.67. The molecule has 3 heterocycles. The molecule has 2 aliphatic heterocycles. The highest BCUT2D eigenvalue weighted by atomic mass is 16.3. The Morgan fingerprint density at radius 2 is 1.69 bits per heavy atom. The number of hydrogen-bond donors (Lipinski definition) is 1. The predicted molar refractivity (Wildman–Crippen MR) is 132 cm³/mol. The highest BCUT2D eigenvalue weighted by molar-refractivity contribution is 5.92. The number of rotatable bonds is 3. The van der Waals surface area contributed by atoms with Gasteiger partial charge in [0.25, 0.3) is 5.91 Å². The van der Waals surface area contributed by atoms with Gasteiger partial charge in [0.1, 0.15) is 0 Å². The standard InChI is InChI=1S/C27H40N4O4/c1-18-17-30(27(34)25-4-3-15-35-25)24-16-22(9-10-23(24)31(18)19(2)32)20-5-7-21(8-6-20)26(33)29-13-11-28-12-14-29/h3-4,15,18,20-24,28H,5-14,16-17H2,1-2H3/t18-,20?,21?,22?,23?,24?/m0/s1. The molecule has 35 heavy (non-hydrogen) atoms. The molecule has 3 unspecified atom stereocenters. The molecule has 192 valence electrons. The molecule has 4 fully saturated rings. The molecular formula is C27H40N4O4. The Labute approximate surface area is 208 Å². The average Bonchev–Trinajstić information content (AvgIpc) is 3.42. The molecule has 0 bridgehead atoms. The minimum Gasteiger partial charge on any atom is -0.459 e. The normalized spacial score (nSPS) is 33.8. The van der Waals surface area contributed by atoms with Crippen LogP contribution in [0.4, 0.5) is 0 Å². The smallest absolute Gasteiger partial charge is 0.289 e. The Balaban J connectivity index is 1.26. The van der Waals surface area contributed by atoms with E-state index in [0.29, 0.717) is 30.0 Å². The van der Waals surface area contributed by atoms with E-state index in [2.05, 4.69) is 5.32 Å². The van der Waals surface area contributed by atoms with Gasteiger partial charge in [-0.05, 0) is 75.8 Å². The second-order valence-corrected chi connectivity index (χ2v) is 11.1. The number of nitrogens with zero attached hydrogens (tertiary/aromatic N) is 3. The summed E-state index contributed by atoms with van der Waals surface area (Å²) in [6, 6.07) is 3.57. The van der Waals surface area contributed by atoms with Crippen LogP contribution < -0.4 is 5.32 Å². The van der Waals surface area contributed by atoms with Crippen molar-refractivity contribution in [2.45, 2.75) is 76.9 Å². The van der Waals surface area contributed by atoms with E-state index in [0.717, 1.165) is 71.1 Å². The van der Waals surface area contributed by atoms with Crippen molar-refractivity contribution in [3.63, 3.8) is 0 Å². The van der Waals surface area contributed by atoms with E-state index >= 15 is 0 Å². The maximum atomic E-state index is 13.4. The largest absolute Gasteiger partial charge is 0.459 e. The van der Waals surface area contributed by atoms with Crippen molar-refractivity contribution in [1.82, 2.24) is 20.0 Å². The Kier molecular flexibility index (Phi) is 7.19. The summed E-state index contributed by atoms with van der Waals surface area (Å²) >= 11 is 0. The molecule has 1 aromatic heterocycles. The predicted octanol–water partition coefficient (Wildman–Crippen LogP) is 2.75. The number of fused-ring (bicyclic) bond motifs is 1. The topological polar surface area (TPSA) is 86.1 Å². The van der Waals surface area contributed by atoms with Gasteiger partial charge in [0.05, 0.1) is 18.3 Å². The van der Waals surface area contributed by atoms with Crippen LogP contribution >= 0.6 is 0 Å². The van der Waals surface area contributed by atoms with Crippen LogP contribution in [0.25, 0.3) is 0 Å². The number of carbonyl (C=O) groups excluding carboxylic acids is 3. The van der Waals surface area contributed by atoms with Gasteiger partial charge in [-0.3, -0.25) is 14.4 Å². The summed E-state index contributed by atoms with van der Waals surface area (Å²) in [6.07, 6.45) is 8.61. The van der Waals surface area contributed by atoms with Crippen molar-refractivity contribution in [2.24, 2.45) is 17.8 Å². The fourth-order valence-corrected chi connectivity index (χ4v) is 7.38. The fourth-order valence-electron chi connectivity index (χ4n) is 7.38. The molecular weight excluding hydrogens is 444 g/mol. The van der Waals surface area contributed by atoms with Crippen LogP contribution in [0.15, 0.2) is 22.8 Å². The lowest BCUT2D eigenvalue weighted by atomic mass is 9.67. The van der Waals surface area contributed by atoms with Crippen molar-refractivity contribution in [1.29, 1.82) is 0 Å². The first-order chi connectivity index (χ1) is 16.9. The van der Waals surface area contributed by atoms with E-state index in [9.17, 15) is 14.4 Å². The second-order valence-electron chi connectivity index (χ2n) is 11.1. The Hall–Kier alpha value is -2.35. The highest BCUT2D eigenvalue weighted by Crippen LogP contribution is 2.44. The van der Waals surface area contributed by atoms with Crippen LogP contribution in [0.3, 0.4) is 0 Å². The molecule has 5 rings (SSSR count). The van der Waals surface area contributed by atoms with E-state index in [1.807, 2.05) is 21.6 Å². The van der Waals surface area contributed by atoms with Crippen LogP contribution in [-0.4, -0.2) is 83.3 Å². The van der Waals surface area contributed by atoms with Crippen molar-refractivity contribution < 1.29 is 18.8 Å². The first-order valence-corrected chi connectivity index (χ1v) is 13.6. The lowest BCUT2D eigenvalue weighted by Gasteiger charge is -2.54. The third-order valence-electron chi connectivity index (χ3n) is 9.09. The van der Waals surface area contributed by atoms with Crippen molar-refractivity contribution in [2.75, 3.05) is 32.7 Å². The van der Waals surface area contributed by atoms with Gasteiger partial charge in [-0.2, -0.15) is 0 Å². The Morgan fingerprint density at radius 3 is 2.34 bits per heavy atom. The van der Waals surface area contributed by atoms with E-state index in [4.69, 9.17) is 4.42 Å². The lowest BCUT2D eigenvalue weighted by molar-refractivity contribution is -0.142. The van der Waals surface area contributed by atoms with Gasteiger partial charge in [0.15, 0.2) is 5.76 Å². The summed E-state index contributed by atoms with van der Waals surface area (Å²) in [6.45, 7) is 7.69. The summed E-state index contributed by atoms with van der Waals surface area (Å²) in [4.78, 5) is 45.0. The van der Waals surface area contributed by atoms with Gasteiger partial charge in [-0.25, -0.2) is 0 Å². The van der Waals surface area contributed by atoms with Gasteiger partial charge >= 0.3 is 0 Å². The van der Waals surface area contributed by atoms with E-state index in [1.165, 1.54) is 0 Å². The zero-order valence-corrected chi connectivity index (χ0v) is 21.2. The number of carbonyl (C=O) groups is 3. The average molecular weight is 485 g/mol. The van der Waals surface area contributed by atoms with Crippen molar-refractivity contribution in [3.8, 4) is 0 Å². The summed E-state index contributed by atoms with van der Waals surface area (Å²) in [5.74, 6) is 2.05. The van der Waals surface area contributed by atoms with Gasteiger partial charge < -0.3 is 24.4 Å². The molecule has 1 N–H and O–H groups in total. The minimum absolute atomic E-state index is 0.00403. The molecule has 0 spiro atoms. The molecule has 0 radical (unpaired) electrons. The number of hydrogen-bond acceptors (Lipinski definition) is 5. The third kappa shape index (κ3) is 4.86. The maximum absolute atomic E-state index is 13.4. The van der Waals surface area contributed by atoms with Gasteiger partial charge in [-0.15, -0.1) is 0 Å². The molecule has 2 saturated heterocycles. The van der Waals surface area contributed by atoms with Crippen LogP contribution in [0.1, 0.15) is 69.3 Å². The number of furan rings is 1. The van der Waals surface area contributed by atoms with Gasteiger partial charge in [-0.1, -0.05) is 0 Å². The van der Waals surface area contributed by atoms with E-state index in [-0.39, 0.29) is 35.9 Å². The third-order valence-corrected chi connectivity index (χ3v) is 9.09. The van der Waals surface area contributed by atoms with Crippen LogP contribution in [-0.2, 0) is 9.59 Å². The SMILES string of the molecule is CC(=O)N1C2CCC(C3CCC(C(=O)N4CCNCC4)CC3)CC2N(C(=O)c2ccco2)C[C@@H]1C. The van der Waals surface area contributed by atoms with E-state index in [1.54, 1.807) is 25.3 Å². The first-order valence-electron chi connectivity index (χ1n) is 13.6. The Morgan fingerprint density at radius 1 is 0.971 bits per heavy atom. The molecule has 4 atom stereocenters. The summed E-state index contributed by atoms with van der Waals surface area (Å²) in [7, 11) is 0. The number of amides is 3. The van der Waals surface area contributed by atoms with Gasteiger partial charge in [0, 0.05) is 51.6 Å². The van der Waals surface area contributed by atoms with Crippen LogP contribution in [0.2, 0.25) is 0 Å². The monoisotopic (exact) mass is 484 g/mol.